The van der Waals surface area contributed by atoms with Crippen LogP contribution in [0.3, 0.4) is 0 Å². The molecule has 0 bridgehead atoms. The topological polar surface area (TPSA) is 122 Å². The van der Waals surface area contributed by atoms with Gasteiger partial charge in [0.1, 0.15) is 11.7 Å². The lowest BCUT2D eigenvalue weighted by molar-refractivity contribution is -0.121. The summed E-state index contributed by atoms with van der Waals surface area (Å²) in [6, 6.07) is 5.54. The highest BCUT2D eigenvalue weighted by molar-refractivity contribution is 6.37. The van der Waals surface area contributed by atoms with Gasteiger partial charge in [-0.1, -0.05) is 46.7 Å². The number of nitrogens with one attached hydrogen (secondary N) is 1. The Balaban J connectivity index is 0.000000886. The highest BCUT2D eigenvalue weighted by atomic mass is 35.5. The number of rotatable bonds is 7. The number of amidine groups is 1. The quantitative estimate of drug-likeness (QED) is 0.508. The second kappa shape index (κ2) is 13.1. The number of ether oxygens (including phenoxy) is 1. The Morgan fingerprint density at radius 2 is 2.14 bits per heavy atom. The van der Waals surface area contributed by atoms with Crippen LogP contribution in [0.4, 0.5) is 0 Å². The van der Waals surface area contributed by atoms with Gasteiger partial charge in [-0.15, -0.1) is 0 Å². The van der Waals surface area contributed by atoms with Crippen molar-refractivity contribution in [2.45, 2.75) is 40.2 Å². The van der Waals surface area contributed by atoms with Crippen LogP contribution in [0.1, 0.15) is 38.6 Å². The van der Waals surface area contributed by atoms with Crippen molar-refractivity contribution in [2.75, 3.05) is 26.3 Å². The van der Waals surface area contributed by atoms with E-state index in [-0.39, 0.29) is 11.9 Å². The molecule has 3 heterocycles. The van der Waals surface area contributed by atoms with Gasteiger partial charge in [0.2, 0.25) is 11.7 Å². The second-order valence-electron chi connectivity index (χ2n) is 8.22. The number of likely N-dealkylation sites (N-methyl/N-ethyl adjacent to an activating group) is 1. The summed E-state index contributed by atoms with van der Waals surface area (Å²) in [5.74, 6) is 1.79. The zero-order chi connectivity index (χ0) is 26.9. The van der Waals surface area contributed by atoms with E-state index in [4.69, 9.17) is 25.8 Å². The van der Waals surface area contributed by atoms with Gasteiger partial charge in [0, 0.05) is 47.4 Å². The van der Waals surface area contributed by atoms with Gasteiger partial charge in [-0.3, -0.25) is 9.69 Å². The van der Waals surface area contributed by atoms with Gasteiger partial charge in [0.25, 0.3) is 5.91 Å². The number of benzene rings is 1. The zero-order valence-electron chi connectivity index (χ0n) is 21.5. The van der Waals surface area contributed by atoms with Crippen molar-refractivity contribution in [2.24, 2.45) is 10.2 Å². The third-order valence-electron chi connectivity index (χ3n) is 5.63. The zero-order valence-corrected chi connectivity index (χ0v) is 22.2. The van der Waals surface area contributed by atoms with Crippen molar-refractivity contribution in [3.05, 3.63) is 69.7 Å². The number of nitroso groups, excluding NO2 is 1. The molecule has 10 nitrogen and oxygen atoms in total. The van der Waals surface area contributed by atoms with E-state index >= 15 is 0 Å². The van der Waals surface area contributed by atoms with E-state index in [9.17, 15) is 4.79 Å². The minimum absolute atomic E-state index is 0.177. The van der Waals surface area contributed by atoms with Crippen LogP contribution in [-0.4, -0.2) is 59.1 Å². The molecule has 1 fully saturated rings. The minimum atomic E-state index is -0.177. The number of carbonyl (C=O) groups excluding carboxylic acids is 1. The first-order chi connectivity index (χ1) is 17.8. The summed E-state index contributed by atoms with van der Waals surface area (Å²) in [4.78, 5) is 32.9. The van der Waals surface area contributed by atoms with E-state index in [0.29, 0.717) is 64.8 Å². The maximum Gasteiger partial charge on any atom is 0.260 e. The number of halogens is 1. The molecule has 0 aliphatic carbocycles. The van der Waals surface area contributed by atoms with Gasteiger partial charge in [-0.2, -0.15) is 9.89 Å². The standard InChI is InChI=1S/C24H26ClN5O3.C2H5NO/c1-5-16-11-20(19-8-7-17(12-21(19)25)22-28-15(4)33-29-22)24(31)30(6-2)23(16)27-14(3)26-18-9-10-32-13-18;1-2-3-4/h5,7-8,11-12,18,26H,3,6,9-10,13H2,1-2,4H3;2H2,1H3/b16-5-,27-23+;/t18-;/m1./s1. The minimum Gasteiger partial charge on any atom is -0.379 e. The number of aromatic nitrogens is 2. The van der Waals surface area contributed by atoms with Crippen LogP contribution in [0.15, 0.2) is 63.0 Å². The number of amides is 1. The number of carbonyl (C=O) groups is 1. The maximum atomic E-state index is 13.4. The lowest BCUT2D eigenvalue weighted by atomic mass is 9.95. The Hall–Kier alpha value is -3.63. The number of aliphatic imine (C=N–C) groups is 1. The fourth-order valence-electron chi connectivity index (χ4n) is 3.84. The van der Waals surface area contributed by atoms with Gasteiger partial charge in [0.05, 0.1) is 19.2 Å². The second-order valence-corrected chi connectivity index (χ2v) is 8.62. The molecule has 0 spiro atoms. The average Bonchev–Trinajstić information content (AvgIpc) is 3.56. The predicted octanol–water partition coefficient (Wildman–Crippen LogP) is 4.91. The van der Waals surface area contributed by atoms with Crippen LogP contribution >= 0.6 is 11.6 Å². The number of aryl methyl sites for hydroxylation is 1. The maximum absolute atomic E-state index is 13.4. The van der Waals surface area contributed by atoms with E-state index in [1.807, 2.05) is 32.1 Å². The molecule has 37 heavy (non-hydrogen) atoms. The molecule has 2 aromatic rings. The predicted molar refractivity (Wildman–Crippen MR) is 144 cm³/mol. The third kappa shape index (κ3) is 6.78. The fourth-order valence-corrected chi connectivity index (χ4v) is 4.12. The van der Waals surface area contributed by atoms with E-state index in [1.165, 1.54) is 0 Å². The van der Waals surface area contributed by atoms with Gasteiger partial charge in [0.15, 0.2) is 0 Å². The van der Waals surface area contributed by atoms with Crippen LogP contribution in [0.2, 0.25) is 5.02 Å². The number of allylic oxidation sites excluding steroid dienone is 1. The summed E-state index contributed by atoms with van der Waals surface area (Å²) in [6.45, 7) is 13.5. The molecule has 1 atom stereocenters. The number of nitrogens with zero attached hydrogens (tertiary/aromatic N) is 5. The number of hydrogen-bond acceptors (Lipinski definition) is 9. The molecule has 4 rings (SSSR count). The molecule has 2 aliphatic rings. The van der Waals surface area contributed by atoms with Crippen LogP contribution in [-0.2, 0) is 9.53 Å². The molecule has 11 heteroatoms. The van der Waals surface area contributed by atoms with Crippen molar-refractivity contribution in [3.63, 3.8) is 0 Å². The monoisotopic (exact) mass is 526 g/mol. The molecular weight excluding hydrogens is 496 g/mol. The van der Waals surface area contributed by atoms with Crippen molar-refractivity contribution >= 4 is 28.9 Å². The molecule has 2 aliphatic heterocycles. The van der Waals surface area contributed by atoms with Crippen molar-refractivity contribution in [1.29, 1.82) is 0 Å². The van der Waals surface area contributed by atoms with E-state index < -0.39 is 0 Å². The lowest BCUT2D eigenvalue weighted by Gasteiger charge is -2.30. The van der Waals surface area contributed by atoms with E-state index in [1.54, 1.807) is 30.9 Å². The Bertz CT molecular complexity index is 1240. The van der Waals surface area contributed by atoms with Gasteiger partial charge < -0.3 is 14.6 Å². The first-order valence-electron chi connectivity index (χ1n) is 12.0. The fraction of sp³-hybridized carbons (Fsp3) is 0.385. The summed E-state index contributed by atoms with van der Waals surface area (Å²) in [7, 11) is 0. The Kier molecular flexibility index (Phi) is 9.87. The first kappa shape index (κ1) is 27.9. The normalized spacial score (nSPS) is 19.5. The first-order valence-corrected chi connectivity index (χ1v) is 12.4. The van der Waals surface area contributed by atoms with Gasteiger partial charge in [-0.05, 0) is 39.3 Å². The molecule has 0 radical (unpaired) electrons. The Morgan fingerprint density at radius 1 is 1.38 bits per heavy atom. The molecule has 1 N–H and O–H groups in total. The van der Waals surface area contributed by atoms with Crippen LogP contribution in [0.25, 0.3) is 17.0 Å². The molecular formula is C26H31ClN6O4. The lowest BCUT2D eigenvalue weighted by Crippen LogP contribution is -2.41. The molecule has 0 saturated carbocycles. The molecule has 1 amide bonds. The van der Waals surface area contributed by atoms with Crippen molar-refractivity contribution < 1.29 is 14.1 Å². The largest absolute Gasteiger partial charge is 0.379 e. The van der Waals surface area contributed by atoms with E-state index in [0.717, 1.165) is 18.6 Å². The summed E-state index contributed by atoms with van der Waals surface area (Å²) >= 11 is 6.60. The smallest absolute Gasteiger partial charge is 0.260 e. The van der Waals surface area contributed by atoms with Crippen LogP contribution in [0, 0.1) is 11.8 Å². The molecule has 196 valence electrons. The highest BCUT2D eigenvalue weighted by Crippen LogP contribution is 2.33. The van der Waals surface area contributed by atoms with Gasteiger partial charge in [-0.25, -0.2) is 4.99 Å². The summed E-state index contributed by atoms with van der Waals surface area (Å²) < 4.78 is 10.4. The van der Waals surface area contributed by atoms with Crippen molar-refractivity contribution in [3.8, 4) is 11.4 Å². The summed E-state index contributed by atoms with van der Waals surface area (Å²) in [6.07, 6.45) is 4.64. The third-order valence-corrected chi connectivity index (χ3v) is 5.94. The van der Waals surface area contributed by atoms with Gasteiger partial charge >= 0.3 is 0 Å². The molecule has 0 unspecified atom stereocenters. The van der Waals surface area contributed by atoms with Crippen LogP contribution in [0.5, 0.6) is 0 Å². The summed E-state index contributed by atoms with van der Waals surface area (Å²) in [5.41, 5.74) is 2.64. The summed E-state index contributed by atoms with van der Waals surface area (Å²) in [5, 5.41) is 10.1. The highest BCUT2D eigenvalue weighted by Gasteiger charge is 2.31. The van der Waals surface area contributed by atoms with Crippen molar-refractivity contribution in [1.82, 2.24) is 20.4 Å². The van der Waals surface area contributed by atoms with E-state index in [2.05, 4.69) is 32.2 Å². The molecule has 1 saturated heterocycles. The number of hydrogen-bond donors (Lipinski definition) is 1. The Labute approximate surface area is 221 Å². The van der Waals surface area contributed by atoms with Crippen LogP contribution < -0.4 is 5.32 Å². The molecule has 1 aromatic carbocycles. The molecule has 1 aromatic heterocycles. The average molecular weight is 527 g/mol. The SMILES string of the molecule is C=C(/N=C1\C(=C/C)C=C(c2ccc(-c3noc(C)n3)cc2Cl)C(=O)N1CC)N[C@@H]1CCOC1.CCN=O. The Morgan fingerprint density at radius 3 is 2.68 bits per heavy atom.